The number of nitriles is 1. The minimum absolute atomic E-state index is 0.0247. The van der Waals surface area contributed by atoms with E-state index in [0.717, 1.165) is 28.2 Å². The Labute approximate surface area is 164 Å². The molecule has 144 valence electrons. The average Bonchev–Trinajstić information content (AvgIpc) is 3.27. The number of rotatable bonds is 8. The normalized spacial score (nSPS) is 10.6. The highest BCUT2D eigenvalue weighted by molar-refractivity contribution is 5.90. The molecule has 0 saturated heterocycles. The molecule has 0 unspecified atom stereocenters. The van der Waals surface area contributed by atoms with E-state index in [1.54, 1.807) is 12.5 Å². The largest absolute Gasteiger partial charge is 0.333 e. The minimum atomic E-state index is -0.0247. The lowest BCUT2D eigenvalue weighted by Gasteiger charge is -2.08. The summed E-state index contributed by atoms with van der Waals surface area (Å²) in [5, 5.41) is 16.2. The van der Waals surface area contributed by atoms with E-state index < -0.39 is 0 Å². The van der Waals surface area contributed by atoms with Gasteiger partial charge in [-0.1, -0.05) is 12.1 Å². The van der Waals surface area contributed by atoms with Gasteiger partial charge in [-0.25, -0.2) is 4.98 Å². The molecule has 28 heavy (non-hydrogen) atoms. The third-order valence-corrected chi connectivity index (χ3v) is 4.70. The van der Waals surface area contributed by atoms with Gasteiger partial charge in [0, 0.05) is 36.7 Å². The number of carbonyl (C=O) groups excluding carboxylic acids is 1. The van der Waals surface area contributed by atoms with Crippen LogP contribution >= 0.6 is 0 Å². The quantitative estimate of drug-likeness (QED) is 0.654. The van der Waals surface area contributed by atoms with Crippen molar-refractivity contribution in [1.82, 2.24) is 19.3 Å². The maximum absolute atomic E-state index is 12.4. The van der Waals surface area contributed by atoms with Crippen LogP contribution in [0.2, 0.25) is 0 Å². The Morgan fingerprint density at radius 3 is 2.93 bits per heavy atom. The predicted octanol–water partition coefficient (Wildman–Crippen LogP) is 3.23. The van der Waals surface area contributed by atoms with Crippen LogP contribution in [0.5, 0.6) is 0 Å². The Morgan fingerprint density at radius 2 is 2.18 bits per heavy atom. The van der Waals surface area contributed by atoms with Gasteiger partial charge in [-0.3, -0.25) is 9.48 Å². The average molecular weight is 376 g/mol. The lowest BCUT2D eigenvalue weighted by atomic mass is 10.1. The molecular formula is C21H24N6O. The first-order chi connectivity index (χ1) is 13.6. The van der Waals surface area contributed by atoms with E-state index in [0.29, 0.717) is 32.4 Å². The molecule has 1 amide bonds. The van der Waals surface area contributed by atoms with E-state index in [9.17, 15) is 4.79 Å². The maximum atomic E-state index is 12.4. The zero-order chi connectivity index (χ0) is 19.9. The third kappa shape index (κ3) is 4.86. The standard InChI is InChI=1S/C21H24N6O/c1-16-20(17(2)27(25-16)11-4-9-22)7-8-21(28)24-19-6-3-5-18(13-19)14-26-12-10-23-15-26/h3,5-6,10,12-13,15H,4,7-8,11,14H2,1-2H3,(H,24,28). The number of benzene rings is 1. The number of hydrogen-bond acceptors (Lipinski definition) is 4. The molecule has 1 aromatic carbocycles. The topological polar surface area (TPSA) is 88.5 Å². The van der Waals surface area contributed by atoms with Crippen molar-refractivity contribution in [2.75, 3.05) is 5.32 Å². The fraction of sp³-hybridized carbons (Fsp3) is 0.333. The molecule has 7 nitrogen and oxygen atoms in total. The fourth-order valence-electron chi connectivity index (χ4n) is 3.27. The smallest absolute Gasteiger partial charge is 0.224 e. The number of aryl methyl sites for hydroxylation is 2. The van der Waals surface area contributed by atoms with Crippen molar-refractivity contribution in [2.45, 2.75) is 46.2 Å². The molecule has 0 saturated carbocycles. The van der Waals surface area contributed by atoms with E-state index in [4.69, 9.17) is 5.26 Å². The maximum Gasteiger partial charge on any atom is 0.224 e. The van der Waals surface area contributed by atoms with E-state index >= 15 is 0 Å². The lowest BCUT2D eigenvalue weighted by molar-refractivity contribution is -0.116. The van der Waals surface area contributed by atoms with Crippen LogP contribution in [0.1, 0.15) is 35.4 Å². The molecule has 7 heteroatoms. The Kier molecular flexibility index (Phi) is 6.22. The molecular weight excluding hydrogens is 352 g/mol. The molecule has 0 spiro atoms. The van der Waals surface area contributed by atoms with Gasteiger partial charge in [-0.2, -0.15) is 10.4 Å². The van der Waals surface area contributed by atoms with Crippen molar-refractivity contribution in [3.63, 3.8) is 0 Å². The second-order valence-corrected chi connectivity index (χ2v) is 6.76. The predicted molar refractivity (Wildman–Crippen MR) is 107 cm³/mol. The zero-order valence-electron chi connectivity index (χ0n) is 16.2. The van der Waals surface area contributed by atoms with E-state index in [1.165, 1.54) is 0 Å². The van der Waals surface area contributed by atoms with E-state index in [-0.39, 0.29) is 5.91 Å². The summed E-state index contributed by atoms with van der Waals surface area (Å²) in [7, 11) is 0. The SMILES string of the molecule is Cc1nn(CCC#N)c(C)c1CCC(=O)Nc1cccc(Cn2ccnc2)c1. The Bertz CT molecular complexity index is 981. The monoisotopic (exact) mass is 376 g/mol. The van der Waals surface area contributed by atoms with Crippen LogP contribution in [0.3, 0.4) is 0 Å². The first-order valence-electron chi connectivity index (χ1n) is 9.31. The van der Waals surface area contributed by atoms with Gasteiger partial charge in [0.25, 0.3) is 0 Å². The Morgan fingerprint density at radius 1 is 1.32 bits per heavy atom. The number of hydrogen-bond donors (Lipinski definition) is 1. The number of nitrogens with zero attached hydrogens (tertiary/aromatic N) is 5. The van der Waals surface area contributed by atoms with Crippen molar-refractivity contribution >= 4 is 11.6 Å². The van der Waals surface area contributed by atoms with Gasteiger partial charge in [-0.05, 0) is 43.5 Å². The van der Waals surface area contributed by atoms with Gasteiger partial charge >= 0.3 is 0 Å². The molecule has 3 rings (SSSR count). The van der Waals surface area contributed by atoms with Crippen molar-refractivity contribution in [3.8, 4) is 6.07 Å². The van der Waals surface area contributed by atoms with Gasteiger partial charge < -0.3 is 9.88 Å². The number of carbonyl (C=O) groups is 1. The van der Waals surface area contributed by atoms with E-state index in [2.05, 4.69) is 21.5 Å². The van der Waals surface area contributed by atoms with Crippen molar-refractivity contribution in [1.29, 1.82) is 5.26 Å². The van der Waals surface area contributed by atoms with Crippen LogP contribution in [0.4, 0.5) is 5.69 Å². The number of imidazole rings is 1. The molecule has 0 radical (unpaired) electrons. The number of aromatic nitrogens is 4. The molecule has 0 bridgehead atoms. The number of anilines is 1. The summed E-state index contributed by atoms with van der Waals surface area (Å²) in [4.78, 5) is 16.5. The molecule has 0 aliphatic heterocycles. The van der Waals surface area contributed by atoms with Crippen LogP contribution in [-0.4, -0.2) is 25.2 Å². The molecule has 0 fully saturated rings. The third-order valence-electron chi connectivity index (χ3n) is 4.70. The zero-order valence-corrected chi connectivity index (χ0v) is 16.2. The van der Waals surface area contributed by atoms with Crippen molar-refractivity contribution < 1.29 is 4.79 Å². The van der Waals surface area contributed by atoms with E-state index in [1.807, 2.05) is 53.6 Å². The molecule has 2 aromatic heterocycles. The highest BCUT2D eigenvalue weighted by Crippen LogP contribution is 2.17. The molecule has 0 aliphatic rings. The van der Waals surface area contributed by atoms with Gasteiger partial charge in [0.05, 0.1) is 31.1 Å². The molecule has 3 aromatic rings. The molecule has 2 heterocycles. The summed E-state index contributed by atoms with van der Waals surface area (Å²) in [6.45, 7) is 5.23. The highest BCUT2D eigenvalue weighted by Gasteiger charge is 2.13. The van der Waals surface area contributed by atoms with Crippen molar-refractivity contribution in [2.24, 2.45) is 0 Å². The van der Waals surface area contributed by atoms with Crippen LogP contribution in [0.25, 0.3) is 0 Å². The fourth-order valence-corrected chi connectivity index (χ4v) is 3.27. The molecule has 0 aliphatic carbocycles. The summed E-state index contributed by atoms with van der Waals surface area (Å²) in [5.41, 5.74) is 4.93. The van der Waals surface area contributed by atoms with Crippen LogP contribution < -0.4 is 5.32 Å². The minimum Gasteiger partial charge on any atom is -0.333 e. The Hall–Kier alpha value is -3.40. The Balaban J connectivity index is 1.58. The highest BCUT2D eigenvalue weighted by atomic mass is 16.1. The summed E-state index contributed by atoms with van der Waals surface area (Å²) in [5.74, 6) is -0.0247. The second-order valence-electron chi connectivity index (χ2n) is 6.76. The van der Waals surface area contributed by atoms with Crippen LogP contribution in [-0.2, 0) is 24.3 Å². The summed E-state index contributed by atoms with van der Waals surface area (Å²) < 4.78 is 3.84. The lowest BCUT2D eigenvalue weighted by Crippen LogP contribution is -2.13. The number of nitrogens with one attached hydrogen (secondary N) is 1. The first kappa shape index (κ1) is 19.4. The number of amides is 1. The van der Waals surface area contributed by atoms with Crippen molar-refractivity contribution in [3.05, 3.63) is 65.5 Å². The summed E-state index contributed by atoms with van der Waals surface area (Å²) in [6.07, 6.45) is 6.87. The van der Waals surface area contributed by atoms with Crippen LogP contribution in [0.15, 0.2) is 43.0 Å². The van der Waals surface area contributed by atoms with Gasteiger partial charge in [0.15, 0.2) is 0 Å². The van der Waals surface area contributed by atoms with Gasteiger partial charge in [0.2, 0.25) is 5.91 Å². The second kappa shape index (κ2) is 9.00. The van der Waals surface area contributed by atoms with Gasteiger partial charge in [0.1, 0.15) is 0 Å². The summed E-state index contributed by atoms with van der Waals surface area (Å²) >= 11 is 0. The van der Waals surface area contributed by atoms with Crippen LogP contribution in [0, 0.1) is 25.2 Å². The summed E-state index contributed by atoms with van der Waals surface area (Å²) in [6, 6.07) is 9.98. The van der Waals surface area contributed by atoms with Gasteiger partial charge in [-0.15, -0.1) is 0 Å². The molecule has 1 N–H and O–H groups in total. The molecule has 0 atom stereocenters. The first-order valence-corrected chi connectivity index (χ1v) is 9.31.